The minimum atomic E-state index is -0.823. The summed E-state index contributed by atoms with van der Waals surface area (Å²) in [5.74, 6) is -0.333. The maximum Gasteiger partial charge on any atom is 0.217 e. The summed E-state index contributed by atoms with van der Waals surface area (Å²) in [5.41, 5.74) is 0. The monoisotopic (exact) mass is 243 g/mol. The van der Waals surface area contributed by atoms with Gasteiger partial charge in [0.15, 0.2) is 0 Å². The van der Waals surface area contributed by atoms with E-state index in [0.717, 1.165) is 0 Å². The number of hydrogen-bond acceptors (Lipinski definition) is 5. The number of nitroso groups, excluding NO2 is 2. The van der Waals surface area contributed by atoms with Gasteiger partial charge in [0.25, 0.3) is 0 Å². The van der Waals surface area contributed by atoms with Gasteiger partial charge in [0.2, 0.25) is 5.91 Å². The zero-order valence-electron chi connectivity index (χ0n) is 11.0. The number of hydrogen-bond donors (Lipinski definition) is 1. The molecule has 3 atom stereocenters. The van der Waals surface area contributed by atoms with Gasteiger partial charge in [-0.1, -0.05) is 38.0 Å². The van der Waals surface area contributed by atoms with Gasteiger partial charge >= 0.3 is 0 Å². The first-order valence-electron chi connectivity index (χ1n) is 5.77. The van der Waals surface area contributed by atoms with Crippen LogP contribution in [0.25, 0.3) is 0 Å². The second-order valence-electron chi connectivity index (χ2n) is 4.91. The van der Waals surface area contributed by atoms with Crippen LogP contribution in [0.2, 0.25) is 0 Å². The quantitative estimate of drug-likeness (QED) is 0.694. The van der Waals surface area contributed by atoms with Crippen LogP contribution in [0.5, 0.6) is 0 Å². The van der Waals surface area contributed by atoms with Crippen LogP contribution in [-0.2, 0) is 4.79 Å². The molecule has 0 bridgehead atoms. The Hall–Kier alpha value is -1.33. The molecule has 6 heteroatoms. The molecule has 6 nitrogen and oxygen atoms in total. The molecule has 0 aromatic rings. The first-order valence-corrected chi connectivity index (χ1v) is 5.77. The molecule has 0 saturated heterocycles. The minimum absolute atomic E-state index is 0.00426. The number of carbonyl (C=O) groups excluding carboxylic acids is 1. The predicted molar refractivity (Wildman–Crippen MR) is 66.4 cm³/mol. The van der Waals surface area contributed by atoms with Gasteiger partial charge in [-0.2, -0.15) is 9.81 Å². The lowest BCUT2D eigenvalue weighted by Gasteiger charge is -2.29. The Morgan fingerprint density at radius 3 is 1.65 bits per heavy atom. The highest BCUT2D eigenvalue weighted by Gasteiger charge is 2.36. The fourth-order valence-electron chi connectivity index (χ4n) is 1.80. The Morgan fingerprint density at radius 1 is 0.941 bits per heavy atom. The van der Waals surface area contributed by atoms with Gasteiger partial charge in [-0.15, -0.1) is 0 Å². The number of nitrogens with zero attached hydrogens (tertiary/aromatic N) is 2. The summed E-state index contributed by atoms with van der Waals surface area (Å²) in [6.45, 7) is 8.70. The molecule has 0 spiro atoms. The van der Waals surface area contributed by atoms with Crippen LogP contribution in [-0.4, -0.2) is 24.0 Å². The van der Waals surface area contributed by atoms with E-state index in [0.29, 0.717) is 0 Å². The molecule has 0 rings (SSSR count). The maximum atomic E-state index is 11.1. The van der Waals surface area contributed by atoms with E-state index in [4.69, 9.17) is 0 Å². The van der Waals surface area contributed by atoms with Gasteiger partial charge in [0.05, 0.1) is 6.04 Å². The number of nitrogens with one attached hydrogen (secondary N) is 1. The molecule has 0 aliphatic carbocycles. The van der Waals surface area contributed by atoms with Crippen LogP contribution in [0.3, 0.4) is 0 Å². The molecule has 0 saturated carbocycles. The highest BCUT2D eigenvalue weighted by atomic mass is 16.3. The van der Waals surface area contributed by atoms with Gasteiger partial charge in [-0.25, -0.2) is 0 Å². The third kappa shape index (κ3) is 4.58. The molecule has 1 amide bonds. The standard InChI is InChI=1S/C11H21N3O3/c1-6(2)9(12-8(5)15)11(14-17)10(13-16)7(3)4/h6-7,9-11H,1-5H3,(H,12,15)/t9-,10-,11?/m0/s1. The summed E-state index contributed by atoms with van der Waals surface area (Å²) >= 11 is 0. The van der Waals surface area contributed by atoms with Crippen molar-refractivity contribution in [3.63, 3.8) is 0 Å². The highest BCUT2D eigenvalue weighted by Crippen LogP contribution is 2.21. The molecule has 0 heterocycles. The largest absolute Gasteiger partial charge is 0.351 e. The van der Waals surface area contributed by atoms with Gasteiger partial charge in [-0.3, -0.25) is 4.79 Å². The summed E-state index contributed by atoms with van der Waals surface area (Å²) in [6, 6.07) is -2.00. The van der Waals surface area contributed by atoms with Gasteiger partial charge in [0.1, 0.15) is 12.1 Å². The molecular weight excluding hydrogens is 222 g/mol. The first-order chi connectivity index (χ1) is 7.84. The minimum Gasteiger partial charge on any atom is -0.351 e. The summed E-state index contributed by atoms with van der Waals surface area (Å²) < 4.78 is 0. The van der Waals surface area contributed by atoms with Crippen molar-refractivity contribution < 1.29 is 4.79 Å². The van der Waals surface area contributed by atoms with E-state index in [1.54, 1.807) is 13.8 Å². The zero-order valence-corrected chi connectivity index (χ0v) is 11.0. The van der Waals surface area contributed by atoms with Crippen molar-refractivity contribution in [3.05, 3.63) is 9.81 Å². The summed E-state index contributed by atoms with van der Waals surface area (Å²) in [7, 11) is 0. The Bertz CT molecular complexity index is 279. The van der Waals surface area contributed by atoms with E-state index in [1.807, 2.05) is 13.8 Å². The fraction of sp³-hybridized carbons (Fsp3) is 0.909. The van der Waals surface area contributed by atoms with E-state index in [2.05, 4.69) is 15.7 Å². The molecule has 0 radical (unpaired) electrons. The third-order valence-electron chi connectivity index (χ3n) is 2.73. The van der Waals surface area contributed by atoms with E-state index >= 15 is 0 Å². The molecule has 17 heavy (non-hydrogen) atoms. The Morgan fingerprint density at radius 2 is 1.41 bits per heavy atom. The number of rotatable bonds is 7. The van der Waals surface area contributed by atoms with Crippen LogP contribution >= 0.6 is 0 Å². The first kappa shape index (κ1) is 15.7. The van der Waals surface area contributed by atoms with E-state index in [-0.39, 0.29) is 17.7 Å². The second kappa shape index (κ2) is 7.09. The lowest BCUT2D eigenvalue weighted by atomic mass is 9.87. The van der Waals surface area contributed by atoms with Crippen molar-refractivity contribution in [2.24, 2.45) is 22.2 Å². The molecule has 1 unspecified atom stereocenters. The Kier molecular flexibility index (Phi) is 6.53. The molecule has 0 fully saturated rings. The van der Waals surface area contributed by atoms with Crippen molar-refractivity contribution in [1.29, 1.82) is 0 Å². The van der Waals surface area contributed by atoms with Crippen LogP contribution in [0.15, 0.2) is 10.4 Å². The predicted octanol–water partition coefficient (Wildman–Crippen LogP) is 2.07. The fourth-order valence-corrected chi connectivity index (χ4v) is 1.80. The van der Waals surface area contributed by atoms with E-state index in [9.17, 15) is 14.6 Å². The normalized spacial score (nSPS) is 16.4. The van der Waals surface area contributed by atoms with Crippen LogP contribution in [0.4, 0.5) is 0 Å². The molecule has 98 valence electrons. The topological polar surface area (TPSA) is 88.0 Å². The van der Waals surface area contributed by atoms with Crippen molar-refractivity contribution in [2.75, 3.05) is 0 Å². The zero-order chi connectivity index (χ0) is 13.6. The van der Waals surface area contributed by atoms with Crippen LogP contribution in [0.1, 0.15) is 34.6 Å². The third-order valence-corrected chi connectivity index (χ3v) is 2.73. The van der Waals surface area contributed by atoms with Crippen molar-refractivity contribution in [2.45, 2.75) is 52.7 Å². The van der Waals surface area contributed by atoms with E-state index < -0.39 is 18.1 Å². The highest BCUT2D eigenvalue weighted by molar-refractivity contribution is 5.73. The second-order valence-corrected chi connectivity index (χ2v) is 4.91. The molecule has 0 aliphatic rings. The Balaban J connectivity index is 5.06. The van der Waals surface area contributed by atoms with Gasteiger partial charge in [0, 0.05) is 6.92 Å². The van der Waals surface area contributed by atoms with Crippen LogP contribution < -0.4 is 5.32 Å². The molecule has 1 N–H and O–H groups in total. The molecule has 0 aromatic heterocycles. The van der Waals surface area contributed by atoms with E-state index in [1.165, 1.54) is 6.92 Å². The lowest BCUT2D eigenvalue weighted by molar-refractivity contribution is -0.120. The number of carbonyl (C=O) groups is 1. The molecular formula is C11H21N3O3. The average Bonchev–Trinajstić information content (AvgIpc) is 2.21. The number of amides is 1. The maximum absolute atomic E-state index is 11.1. The van der Waals surface area contributed by atoms with Crippen molar-refractivity contribution >= 4 is 5.91 Å². The Labute approximate surface area is 101 Å². The lowest BCUT2D eigenvalue weighted by Crippen LogP contribution is -2.50. The van der Waals surface area contributed by atoms with Gasteiger partial charge < -0.3 is 5.32 Å². The smallest absolute Gasteiger partial charge is 0.217 e. The molecule has 0 aliphatic heterocycles. The SMILES string of the molecule is CC(=O)N[C@@H](C(C)C)C(N=O)[C@@H](N=O)C(C)C. The molecule has 0 aromatic carbocycles. The summed E-state index contributed by atoms with van der Waals surface area (Å²) in [4.78, 5) is 32.8. The average molecular weight is 243 g/mol. The van der Waals surface area contributed by atoms with Gasteiger partial charge in [-0.05, 0) is 11.8 Å². The van der Waals surface area contributed by atoms with Crippen molar-refractivity contribution in [1.82, 2.24) is 5.32 Å². The summed E-state index contributed by atoms with van der Waals surface area (Å²) in [6.07, 6.45) is 0. The summed E-state index contributed by atoms with van der Waals surface area (Å²) in [5, 5.41) is 8.64. The van der Waals surface area contributed by atoms with Crippen molar-refractivity contribution in [3.8, 4) is 0 Å². The van der Waals surface area contributed by atoms with Crippen LogP contribution in [0, 0.1) is 21.6 Å².